The molecule has 0 aliphatic heterocycles. The van der Waals surface area contributed by atoms with E-state index in [1.807, 2.05) is 0 Å². The number of hydrogen-bond acceptors (Lipinski definition) is 6. The maximum Gasteiger partial charge on any atom is 0.335 e. The number of carbonyl (C=O) groups excluding carboxylic acids is 1. The highest BCUT2D eigenvalue weighted by molar-refractivity contribution is 7.54. The molecule has 0 saturated heterocycles. The van der Waals surface area contributed by atoms with Gasteiger partial charge in [-0.1, -0.05) is 12.1 Å². The first-order chi connectivity index (χ1) is 11.1. The molecule has 0 saturated carbocycles. The van der Waals surface area contributed by atoms with Crippen molar-refractivity contribution in [3.63, 3.8) is 0 Å². The Morgan fingerprint density at radius 2 is 1.62 bits per heavy atom. The summed E-state index contributed by atoms with van der Waals surface area (Å²) in [5, 5.41) is 0. The van der Waals surface area contributed by atoms with E-state index in [1.165, 1.54) is 14.2 Å². The van der Waals surface area contributed by atoms with Crippen molar-refractivity contribution in [3.8, 4) is 5.75 Å². The molecular formula is C17H25O6P. The number of rotatable bonds is 7. The molecule has 6 nitrogen and oxygen atoms in total. The second-order valence-corrected chi connectivity index (χ2v) is 8.35. The number of esters is 1. The highest BCUT2D eigenvalue weighted by Crippen LogP contribution is 2.48. The number of benzene rings is 1. The molecule has 0 N–H and O–H groups in total. The third-order valence-electron chi connectivity index (χ3n) is 3.04. The fraction of sp³-hybridized carbons (Fsp3) is 0.471. The van der Waals surface area contributed by atoms with E-state index in [0.29, 0.717) is 5.75 Å². The summed E-state index contributed by atoms with van der Waals surface area (Å²) in [6.07, 6.45) is 1.43. The summed E-state index contributed by atoms with van der Waals surface area (Å²) in [6.45, 7) is 5.30. The van der Waals surface area contributed by atoms with Gasteiger partial charge in [0.25, 0.3) is 0 Å². The average molecular weight is 356 g/mol. The second-order valence-electron chi connectivity index (χ2n) is 6.08. The Hall–Kier alpha value is -1.62. The van der Waals surface area contributed by atoms with Crippen molar-refractivity contribution in [2.45, 2.75) is 26.4 Å². The van der Waals surface area contributed by atoms with Crippen molar-refractivity contribution < 1.29 is 27.9 Å². The number of methoxy groups -OCH3 is 1. The van der Waals surface area contributed by atoms with Crippen LogP contribution in [-0.2, 0) is 23.1 Å². The van der Waals surface area contributed by atoms with E-state index in [2.05, 4.69) is 0 Å². The molecule has 0 amide bonds. The standard InChI is InChI=1S/C17H25O6P/c1-17(2,3)23-16(18)14(12-24(19,21-5)22-6)11-13-7-9-15(20-4)10-8-13/h7-11H,12H2,1-6H3/b14-11+. The van der Waals surface area contributed by atoms with Gasteiger partial charge >= 0.3 is 13.6 Å². The molecule has 134 valence electrons. The predicted octanol–water partition coefficient (Wildman–Crippen LogP) is 3.91. The smallest absolute Gasteiger partial charge is 0.335 e. The Balaban J connectivity index is 3.17. The van der Waals surface area contributed by atoms with Crippen LogP contribution in [0.2, 0.25) is 0 Å². The molecule has 0 spiro atoms. The Kier molecular flexibility index (Phi) is 7.21. The van der Waals surface area contributed by atoms with Crippen molar-refractivity contribution in [1.29, 1.82) is 0 Å². The third kappa shape index (κ3) is 6.48. The van der Waals surface area contributed by atoms with Gasteiger partial charge in [-0.15, -0.1) is 0 Å². The maximum atomic E-state index is 12.4. The molecule has 0 heterocycles. The lowest BCUT2D eigenvalue weighted by Gasteiger charge is -2.22. The van der Waals surface area contributed by atoms with Crippen LogP contribution in [0.15, 0.2) is 29.8 Å². The van der Waals surface area contributed by atoms with E-state index in [1.54, 1.807) is 58.2 Å². The van der Waals surface area contributed by atoms with Gasteiger partial charge in [-0.2, -0.15) is 0 Å². The number of carbonyl (C=O) groups is 1. The van der Waals surface area contributed by atoms with Gasteiger partial charge in [-0.3, -0.25) is 4.57 Å². The molecule has 0 radical (unpaired) electrons. The summed E-state index contributed by atoms with van der Waals surface area (Å²) >= 11 is 0. The zero-order valence-electron chi connectivity index (χ0n) is 15.0. The van der Waals surface area contributed by atoms with Gasteiger partial charge in [0.05, 0.1) is 13.3 Å². The predicted molar refractivity (Wildman–Crippen MR) is 93.3 cm³/mol. The second kappa shape index (κ2) is 8.47. The zero-order valence-corrected chi connectivity index (χ0v) is 15.9. The monoisotopic (exact) mass is 356 g/mol. The lowest BCUT2D eigenvalue weighted by molar-refractivity contribution is -0.149. The molecule has 0 aliphatic rings. The van der Waals surface area contributed by atoms with E-state index < -0.39 is 19.2 Å². The summed E-state index contributed by atoms with van der Waals surface area (Å²) in [4.78, 5) is 12.4. The summed E-state index contributed by atoms with van der Waals surface area (Å²) in [5.41, 5.74) is 0.290. The van der Waals surface area contributed by atoms with Crippen LogP contribution in [-0.4, -0.2) is 39.1 Å². The topological polar surface area (TPSA) is 71.1 Å². The highest BCUT2D eigenvalue weighted by Gasteiger charge is 2.29. The number of hydrogen-bond donors (Lipinski definition) is 0. The number of ether oxygens (including phenoxy) is 2. The quantitative estimate of drug-likeness (QED) is 0.419. The van der Waals surface area contributed by atoms with Gasteiger partial charge in [-0.05, 0) is 44.5 Å². The van der Waals surface area contributed by atoms with Crippen molar-refractivity contribution in [2.75, 3.05) is 27.5 Å². The van der Waals surface area contributed by atoms with Crippen LogP contribution < -0.4 is 4.74 Å². The highest BCUT2D eigenvalue weighted by atomic mass is 31.2. The SMILES string of the molecule is COc1ccc(/C=C(\CP(=O)(OC)OC)C(=O)OC(C)(C)C)cc1. The van der Waals surface area contributed by atoms with Gasteiger partial charge in [0.15, 0.2) is 0 Å². The lowest BCUT2D eigenvalue weighted by atomic mass is 10.1. The average Bonchev–Trinajstić information content (AvgIpc) is 2.53. The Bertz CT molecular complexity index is 619. The summed E-state index contributed by atoms with van der Waals surface area (Å²) in [5.74, 6) is 0.137. The molecule has 0 fully saturated rings. The first-order valence-corrected chi connectivity index (χ1v) is 9.14. The van der Waals surface area contributed by atoms with E-state index in [0.717, 1.165) is 5.56 Å². The summed E-state index contributed by atoms with van der Waals surface area (Å²) in [6, 6.07) is 7.11. The fourth-order valence-electron chi connectivity index (χ4n) is 1.83. The molecule has 7 heteroatoms. The van der Waals surface area contributed by atoms with Gasteiger partial charge in [-0.25, -0.2) is 4.79 Å². The minimum Gasteiger partial charge on any atom is -0.497 e. The van der Waals surface area contributed by atoms with Crippen molar-refractivity contribution in [2.24, 2.45) is 0 Å². The van der Waals surface area contributed by atoms with Crippen LogP contribution in [0, 0.1) is 0 Å². The van der Waals surface area contributed by atoms with E-state index in [9.17, 15) is 9.36 Å². The molecule has 24 heavy (non-hydrogen) atoms. The molecule has 1 rings (SSSR count). The molecule has 0 aliphatic carbocycles. The van der Waals surface area contributed by atoms with Gasteiger partial charge in [0.1, 0.15) is 11.4 Å². The van der Waals surface area contributed by atoms with Gasteiger partial charge in [0.2, 0.25) is 0 Å². The lowest BCUT2D eigenvalue weighted by Crippen LogP contribution is -2.26. The maximum absolute atomic E-state index is 12.4. The Morgan fingerprint density at radius 1 is 1.08 bits per heavy atom. The largest absolute Gasteiger partial charge is 0.497 e. The van der Waals surface area contributed by atoms with Crippen LogP contribution >= 0.6 is 7.60 Å². The molecule has 1 aromatic rings. The van der Waals surface area contributed by atoms with Crippen molar-refractivity contribution in [1.82, 2.24) is 0 Å². The van der Waals surface area contributed by atoms with E-state index in [4.69, 9.17) is 18.5 Å². The van der Waals surface area contributed by atoms with Crippen LogP contribution in [0.1, 0.15) is 26.3 Å². The molecule has 0 aromatic heterocycles. The fourth-order valence-corrected chi connectivity index (χ4v) is 2.87. The Morgan fingerprint density at radius 3 is 2.04 bits per heavy atom. The first-order valence-electron chi connectivity index (χ1n) is 7.41. The minimum atomic E-state index is -3.40. The molecule has 1 aromatic carbocycles. The zero-order chi connectivity index (χ0) is 18.4. The normalized spacial score (nSPS) is 12.8. The van der Waals surface area contributed by atoms with Crippen molar-refractivity contribution in [3.05, 3.63) is 35.4 Å². The molecule has 0 atom stereocenters. The van der Waals surface area contributed by atoms with E-state index in [-0.39, 0.29) is 11.7 Å². The van der Waals surface area contributed by atoms with E-state index >= 15 is 0 Å². The molecule has 0 bridgehead atoms. The van der Waals surface area contributed by atoms with Gasteiger partial charge < -0.3 is 18.5 Å². The van der Waals surface area contributed by atoms with Crippen LogP contribution in [0.5, 0.6) is 5.75 Å². The summed E-state index contributed by atoms with van der Waals surface area (Å²) in [7, 11) is 0.735. The summed E-state index contributed by atoms with van der Waals surface area (Å²) < 4.78 is 32.8. The molecule has 0 unspecified atom stereocenters. The third-order valence-corrected chi connectivity index (χ3v) is 4.88. The minimum absolute atomic E-state index is 0.180. The van der Waals surface area contributed by atoms with Crippen molar-refractivity contribution >= 4 is 19.6 Å². The van der Waals surface area contributed by atoms with Crippen LogP contribution in [0.4, 0.5) is 0 Å². The Labute approximate surface area is 143 Å². The first kappa shape index (κ1) is 20.4. The van der Waals surface area contributed by atoms with Crippen LogP contribution in [0.25, 0.3) is 6.08 Å². The van der Waals surface area contributed by atoms with Gasteiger partial charge in [0, 0.05) is 19.8 Å². The van der Waals surface area contributed by atoms with Crippen LogP contribution in [0.3, 0.4) is 0 Å². The molecular weight excluding hydrogens is 331 g/mol.